The number of rotatable bonds is 14. The zero-order valence-corrected chi connectivity index (χ0v) is 33.1. The quantitative estimate of drug-likeness (QED) is 0.0877. The van der Waals surface area contributed by atoms with E-state index in [1.54, 1.807) is 36.4 Å². The van der Waals surface area contributed by atoms with E-state index in [-0.39, 0.29) is 11.6 Å². The second-order valence-corrected chi connectivity index (χ2v) is 15.6. The van der Waals surface area contributed by atoms with Crippen LogP contribution in [0.15, 0.2) is 109 Å². The number of nitrogens with zero attached hydrogens (tertiary/aromatic N) is 2. The number of fused-ring (bicyclic) bond motifs is 2. The van der Waals surface area contributed by atoms with Crippen molar-refractivity contribution in [3.8, 4) is 22.3 Å². The molecule has 6 nitrogen and oxygen atoms in total. The van der Waals surface area contributed by atoms with Gasteiger partial charge in [0.15, 0.2) is 0 Å². The molecule has 4 N–H and O–H groups in total. The van der Waals surface area contributed by atoms with Crippen molar-refractivity contribution in [2.75, 3.05) is 0 Å². The van der Waals surface area contributed by atoms with Crippen LogP contribution in [0.5, 0.6) is 0 Å². The lowest BCUT2D eigenvalue weighted by atomic mass is 9.92. The molecule has 2 fully saturated rings. The van der Waals surface area contributed by atoms with Crippen LogP contribution < -0.4 is 0 Å². The van der Waals surface area contributed by atoms with Gasteiger partial charge >= 0.3 is 0 Å². The van der Waals surface area contributed by atoms with E-state index in [9.17, 15) is 29.2 Å². The monoisotopic (exact) mass is 782 g/mol. The molecule has 0 saturated heterocycles. The fourth-order valence-electron chi connectivity index (χ4n) is 7.48. The van der Waals surface area contributed by atoms with E-state index < -0.39 is 24.4 Å². The summed E-state index contributed by atoms with van der Waals surface area (Å²) in [6.45, 7) is 3.79. The van der Waals surface area contributed by atoms with Crippen LogP contribution in [0, 0.1) is 11.6 Å². The molecule has 0 aliphatic heterocycles. The largest absolute Gasteiger partial charge is 0.393 e. The topological polar surface area (TPSA) is 107 Å². The van der Waals surface area contributed by atoms with Crippen LogP contribution in [0.4, 0.5) is 8.78 Å². The molecule has 58 heavy (non-hydrogen) atoms. The average Bonchev–Trinajstić information content (AvgIpc) is 4.17. The molecule has 0 radical (unpaired) electrons. The summed E-state index contributed by atoms with van der Waals surface area (Å²) in [5.74, 6) is 0.292. The van der Waals surface area contributed by atoms with Crippen molar-refractivity contribution in [2.24, 2.45) is 0 Å². The molecular formula is C50H52F2N2O4. The van der Waals surface area contributed by atoms with Crippen LogP contribution in [0.2, 0.25) is 0 Å². The van der Waals surface area contributed by atoms with E-state index in [0.29, 0.717) is 37.5 Å². The first-order valence-corrected chi connectivity index (χ1v) is 20.6. The van der Waals surface area contributed by atoms with Crippen molar-refractivity contribution in [1.29, 1.82) is 0 Å². The van der Waals surface area contributed by atoms with Crippen LogP contribution in [0.3, 0.4) is 0 Å². The molecule has 0 unspecified atom stereocenters. The molecular weight excluding hydrogens is 731 g/mol. The van der Waals surface area contributed by atoms with E-state index in [4.69, 9.17) is 9.97 Å². The molecule has 0 spiro atoms. The SMILES string of the molecule is CC[C@@H](O)C[C@H](O)/C=C/c1c(C2CC2)nc2ccccc2c1-c1ccc(F)cc1.CC[C@H](O)C[C@@H](O)/C=C/c1c(C2CC2)nc2ccccc2c1-c1ccc(F)cc1. The summed E-state index contributed by atoms with van der Waals surface area (Å²) in [4.78, 5) is 9.88. The van der Waals surface area contributed by atoms with Crippen molar-refractivity contribution in [3.63, 3.8) is 0 Å². The first-order chi connectivity index (χ1) is 28.1. The molecule has 300 valence electrons. The van der Waals surface area contributed by atoms with E-state index in [2.05, 4.69) is 0 Å². The Hall–Kier alpha value is -5.12. The molecule has 2 aliphatic carbocycles. The Morgan fingerprint density at radius 2 is 0.914 bits per heavy atom. The van der Waals surface area contributed by atoms with Crippen LogP contribution in [-0.2, 0) is 0 Å². The van der Waals surface area contributed by atoms with Crippen molar-refractivity contribution in [1.82, 2.24) is 9.97 Å². The highest BCUT2D eigenvalue weighted by Gasteiger charge is 2.31. The number of aliphatic hydroxyl groups is 4. The number of hydrogen-bond acceptors (Lipinski definition) is 6. The number of aromatic nitrogens is 2. The van der Waals surface area contributed by atoms with E-state index in [0.717, 1.165) is 92.3 Å². The molecule has 8 rings (SSSR count). The van der Waals surface area contributed by atoms with Gasteiger partial charge in [0.1, 0.15) is 11.6 Å². The molecule has 0 bridgehead atoms. The van der Waals surface area contributed by atoms with Gasteiger partial charge in [0.25, 0.3) is 0 Å². The van der Waals surface area contributed by atoms with Crippen molar-refractivity contribution < 1.29 is 29.2 Å². The van der Waals surface area contributed by atoms with Gasteiger partial charge in [-0.1, -0.05) is 98.8 Å². The van der Waals surface area contributed by atoms with Crippen LogP contribution in [0.25, 0.3) is 56.2 Å². The summed E-state index contributed by atoms with van der Waals surface area (Å²) in [6, 6.07) is 29.1. The maximum Gasteiger partial charge on any atom is 0.123 e. The van der Waals surface area contributed by atoms with Crippen LogP contribution in [0.1, 0.15) is 99.6 Å². The highest BCUT2D eigenvalue weighted by atomic mass is 19.1. The number of para-hydroxylation sites is 2. The smallest absolute Gasteiger partial charge is 0.123 e. The molecule has 2 aliphatic rings. The molecule has 2 heterocycles. The summed E-state index contributed by atoms with van der Waals surface area (Å²) < 4.78 is 27.1. The summed E-state index contributed by atoms with van der Waals surface area (Å²) >= 11 is 0. The minimum absolute atomic E-state index is 0.268. The third-order valence-corrected chi connectivity index (χ3v) is 11.1. The lowest BCUT2D eigenvalue weighted by Crippen LogP contribution is -2.14. The molecule has 2 aromatic heterocycles. The molecule has 4 aromatic carbocycles. The second-order valence-electron chi connectivity index (χ2n) is 15.6. The van der Waals surface area contributed by atoms with Crippen molar-refractivity contribution in [3.05, 3.63) is 143 Å². The zero-order valence-electron chi connectivity index (χ0n) is 33.1. The van der Waals surface area contributed by atoms with Gasteiger partial charge in [-0.05, 0) is 86.1 Å². The fourth-order valence-corrected chi connectivity index (χ4v) is 7.48. The van der Waals surface area contributed by atoms with Gasteiger partial charge < -0.3 is 20.4 Å². The minimum Gasteiger partial charge on any atom is -0.393 e. The number of pyridine rings is 2. The Labute approximate surface area is 339 Å². The van der Waals surface area contributed by atoms with Gasteiger partial charge in [-0.3, -0.25) is 9.97 Å². The summed E-state index contributed by atoms with van der Waals surface area (Å²) in [7, 11) is 0. The Kier molecular flexibility index (Phi) is 13.2. The van der Waals surface area contributed by atoms with Crippen LogP contribution in [-0.4, -0.2) is 54.8 Å². The minimum atomic E-state index is -0.732. The van der Waals surface area contributed by atoms with E-state index in [1.165, 1.54) is 24.3 Å². The number of aliphatic hydroxyl groups excluding tert-OH is 4. The Bertz CT molecular complexity index is 2220. The van der Waals surface area contributed by atoms with Gasteiger partial charge in [0.2, 0.25) is 0 Å². The normalized spacial score (nSPS) is 16.4. The number of hydrogen-bond donors (Lipinski definition) is 4. The highest BCUT2D eigenvalue weighted by molar-refractivity contribution is 6.00. The van der Waals surface area contributed by atoms with Gasteiger partial charge in [0.05, 0.1) is 46.8 Å². The first kappa shape index (κ1) is 41.1. The lowest BCUT2D eigenvalue weighted by molar-refractivity contribution is 0.101. The van der Waals surface area contributed by atoms with E-state index >= 15 is 0 Å². The van der Waals surface area contributed by atoms with Crippen molar-refractivity contribution >= 4 is 34.0 Å². The second kappa shape index (κ2) is 18.6. The molecule has 8 heteroatoms. The molecule has 4 atom stereocenters. The zero-order chi connectivity index (χ0) is 40.8. The van der Waals surface area contributed by atoms with Gasteiger partial charge in [-0.2, -0.15) is 0 Å². The lowest BCUT2D eigenvalue weighted by Gasteiger charge is -2.16. The predicted octanol–water partition coefficient (Wildman–Crippen LogP) is 10.9. The Morgan fingerprint density at radius 1 is 0.552 bits per heavy atom. The Morgan fingerprint density at radius 3 is 1.26 bits per heavy atom. The fraction of sp³-hybridized carbons (Fsp3) is 0.320. The average molecular weight is 783 g/mol. The van der Waals surface area contributed by atoms with Gasteiger partial charge in [-0.15, -0.1) is 0 Å². The molecule has 6 aromatic rings. The molecule has 0 amide bonds. The van der Waals surface area contributed by atoms with Crippen molar-refractivity contribution in [2.45, 2.75) is 101 Å². The summed E-state index contributed by atoms with van der Waals surface area (Å²) in [5.41, 5.74) is 9.73. The highest BCUT2D eigenvalue weighted by Crippen LogP contribution is 2.47. The Balaban J connectivity index is 0.000000177. The maximum absolute atomic E-state index is 13.6. The summed E-state index contributed by atoms with van der Waals surface area (Å²) in [6.07, 6.45) is 11.1. The maximum atomic E-state index is 13.6. The van der Waals surface area contributed by atoms with Gasteiger partial charge in [-0.25, -0.2) is 8.78 Å². The van der Waals surface area contributed by atoms with Gasteiger partial charge in [0, 0.05) is 57.7 Å². The third kappa shape index (κ3) is 9.93. The standard InChI is InChI=1S/2C25H26FNO2/c2*1-2-19(28)15-20(29)13-14-22-24(16-9-11-18(26)12-10-16)21-5-3-4-6-23(21)27-25(22)17-7-8-17/h2*3-6,9-14,17,19-20,28-29H,2,7-8,15H2,1H3/b2*14-13+/t2*19-,20-/m10/s1. The molecule has 2 saturated carbocycles. The first-order valence-electron chi connectivity index (χ1n) is 20.6. The van der Waals surface area contributed by atoms with Crippen LogP contribution >= 0.6 is 0 Å². The number of halogens is 2. The summed E-state index contributed by atoms with van der Waals surface area (Å²) in [5, 5.41) is 42.4. The number of benzene rings is 4. The predicted molar refractivity (Wildman–Crippen MR) is 230 cm³/mol. The van der Waals surface area contributed by atoms with E-state index in [1.807, 2.05) is 74.5 Å². The third-order valence-electron chi connectivity index (χ3n) is 11.1.